The molecule has 0 aromatic heterocycles. The van der Waals surface area contributed by atoms with Crippen LogP contribution >= 0.6 is 0 Å². The van der Waals surface area contributed by atoms with Crippen LogP contribution in [0.5, 0.6) is 5.75 Å². The summed E-state index contributed by atoms with van der Waals surface area (Å²) >= 11 is 0. The van der Waals surface area contributed by atoms with Crippen molar-refractivity contribution in [3.05, 3.63) is 59.4 Å². The number of hydrogen-bond acceptors (Lipinski definition) is 3. The zero-order valence-electron chi connectivity index (χ0n) is 13.6. The summed E-state index contributed by atoms with van der Waals surface area (Å²) in [5, 5.41) is 5.20. The minimum absolute atomic E-state index is 0.168. The zero-order chi connectivity index (χ0) is 17.5. The quantitative estimate of drug-likeness (QED) is 0.855. The monoisotopic (exact) mass is 330 g/mol. The van der Waals surface area contributed by atoms with E-state index in [1.54, 1.807) is 12.1 Å². The van der Waals surface area contributed by atoms with E-state index < -0.39 is 11.7 Å². The van der Waals surface area contributed by atoms with Gasteiger partial charge in [0.25, 0.3) is 5.91 Å². The Balaban J connectivity index is 1.77. The van der Waals surface area contributed by atoms with Gasteiger partial charge in [-0.25, -0.2) is 4.39 Å². The van der Waals surface area contributed by atoms with Crippen molar-refractivity contribution in [2.75, 3.05) is 18.5 Å². The Bertz CT molecular complexity index is 747. The van der Waals surface area contributed by atoms with Crippen molar-refractivity contribution in [3.63, 3.8) is 0 Å². The van der Waals surface area contributed by atoms with E-state index in [-0.39, 0.29) is 24.8 Å². The maximum atomic E-state index is 13.0. The lowest BCUT2D eigenvalue weighted by molar-refractivity contribution is -0.125. The van der Waals surface area contributed by atoms with Gasteiger partial charge in [0.05, 0.1) is 6.54 Å². The van der Waals surface area contributed by atoms with Crippen LogP contribution in [0.2, 0.25) is 0 Å². The Hall–Kier alpha value is -2.89. The average Bonchev–Trinajstić information content (AvgIpc) is 2.55. The molecule has 6 heteroatoms. The summed E-state index contributed by atoms with van der Waals surface area (Å²) in [7, 11) is 0. The molecule has 24 heavy (non-hydrogen) atoms. The van der Waals surface area contributed by atoms with Gasteiger partial charge in [0.1, 0.15) is 11.6 Å². The van der Waals surface area contributed by atoms with Crippen LogP contribution in [-0.2, 0) is 9.59 Å². The summed E-state index contributed by atoms with van der Waals surface area (Å²) in [6.45, 7) is 3.41. The van der Waals surface area contributed by atoms with Gasteiger partial charge in [-0.2, -0.15) is 0 Å². The number of anilines is 1. The number of rotatable bonds is 6. The van der Waals surface area contributed by atoms with Crippen molar-refractivity contribution >= 4 is 17.5 Å². The van der Waals surface area contributed by atoms with Crippen molar-refractivity contribution in [2.45, 2.75) is 13.8 Å². The van der Waals surface area contributed by atoms with E-state index in [2.05, 4.69) is 10.6 Å². The Labute approximate surface area is 139 Å². The molecule has 2 aromatic carbocycles. The fraction of sp³-hybridized carbons (Fsp3) is 0.222. The number of carbonyl (C=O) groups excluding carboxylic acids is 2. The first-order valence-electron chi connectivity index (χ1n) is 7.47. The Morgan fingerprint density at radius 2 is 1.83 bits per heavy atom. The molecule has 126 valence electrons. The minimum atomic E-state index is -0.463. The molecule has 2 amide bonds. The van der Waals surface area contributed by atoms with Gasteiger partial charge in [-0.05, 0) is 43.2 Å². The molecular formula is C18H19FN2O3. The van der Waals surface area contributed by atoms with Crippen molar-refractivity contribution in [3.8, 4) is 5.75 Å². The third kappa shape index (κ3) is 5.08. The van der Waals surface area contributed by atoms with E-state index >= 15 is 0 Å². The summed E-state index contributed by atoms with van der Waals surface area (Å²) in [5.74, 6) is -0.982. The number of carbonyl (C=O) groups is 2. The van der Waals surface area contributed by atoms with Crippen LogP contribution in [0.4, 0.5) is 10.1 Å². The third-order valence-electron chi connectivity index (χ3n) is 3.49. The molecule has 0 saturated heterocycles. The largest absolute Gasteiger partial charge is 0.484 e. The highest BCUT2D eigenvalue weighted by molar-refractivity contribution is 5.95. The van der Waals surface area contributed by atoms with E-state index in [4.69, 9.17) is 4.74 Å². The molecule has 0 saturated carbocycles. The van der Waals surface area contributed by atoms with Crippen LogP contribution in [0.15, 0.2) is 42.5 Å². The van der Waals surface area contributed by atoms with Gasteiger partial charge in [-0.15, -0.1) is 0 Å². The Morgan fingerprint density at radius 1 is 1.08 bits per heavy atom. The molecule has 0 fully saturated rings. The smallest absolute Gasteiger partial charge is 0.258 e. The molecule has 0 aliphatic rings. The van der Waals surface area contributed by atoms with Crippen molar-refractivity contribution in [1.82, 2.24) is 5.32 Å². The first-order valence-corrected chi connectivity index (χ1v) is 7.47. The Kier molecular flexibility index (Phi) is 5.89. The maximum absolute atomic E-state index is 13.0. The van der Waals surface area contributed by atoms with Crippen molar-refractivity contribution < 1.29 is 18.7 Å². The summed E-state index contributed by atoms with van der Waals surface area (Å²) in [4.78, 5) is 23.6. The molecule has 5 nitrogen and oxygen atoms in total. The first kappa shape index (κ1) is 17.5. The second-order valence-electron chi connectivity index (χ2n) is 5.32. The van der Waals surface area contributed by atoms with Crippen molar-refractivity contribution in [1.29, 1.82) is 0 Å². The molecule has 0 atom stereocenters. The van der Waals surface area contributed by atoms with Gasteiger partial charge in [0.2, 0.25) is 5.91 Å². The molecule has 0 aliphatic carbocycles. The maximum Gasteiger partial charge on any atom is 0.258 e. The van der Waals surface area contributed by atoms with Crippen LogP contribution in [0.25, 0.3) is 0 Å². The zero-order valence-corrected chi connectivity index (χ0v) is 13.6. The second kappa shape index (κ2) is 8.10. The molecule has 0 aliphatic heterocycles. The molecule has 2 aromatic rings. The molecule has 0 heterocycles. The number of halogens is 1. The fourth-order valence-corrected chi connectivity index (χ4v) is 2.02. The predicted octanol–water partition coefficient (Wildman–Crippen LogP) is 2.58. The number of benzene rings is 2. The van der Waals surface area contributed by atoms with Crippen LogP contribution in [0.3, 0.4) is 0 Å². The van der Waals surface area contributed by atoms with Gasteiger partial charge < -0.3 is 15.4 Å². The molecule has 0 spiro atoms. The van der Waals surface area contributed by atoms with Crippen LogP contribution in [0, 0.1) is 19.7 Å². The van der Waals surface area contributed by atoms with Gasteiger partial charge in [0, 0.05) is 11.8 Å². The number of ether oxygens (including phenoxy) is 1. The third-order valence-corrected chi connectivity index (χ3v) is 3.49. The molecule has 2 rings (SSSR count). The minimum Gasteiger partial charge on any atom is -0.484 e. The summed E-state index contributed by atoms with van der Waals surface area (Å²) < 4.78 is 18.1. The highest BCUT2D eigenvalue weighted by Gasteiger charge is 2.09. The van der Waals surface area contributed by atoms with E-state index in [1.807, 2.05) is 26.0 Å². The Morgan fingerprint density at radius 3 is 2.58 bits per heavy atom. The number of nitrogens with one attached hydrogen (secondary N) is 2. The lowest BCUT2D eigenvalue weighted by atomic mass is 10.1. The molecule has 2 N–H and O–H groups in total. The molecule has 0 bridgehead atoms. The normalized spacial score (nSPS) is 10.1. The first-order chi connectivity index (χ1) is 11.5. The number of aryl methyl sites for hydroxylation is 1. The summed E-state index contributed by atoms with van der Waals surface area (Å²) in [6, 6.07) is 11.1. The second-order valence-corrected chi connectivity index (χ2v) is 5.32. The lowest BCUT2D eigenvalue weighted by Crippen LogP contribution is -2.35. The van der Waals surface area contributed by atoms with Crippen LogP contribution < -0.4 is 15.4 Å². The van der Waals surface area contributed by atoms with Gasteiger partial charge in [0.15, 0.2) is 6.61 Å². The highest BCUT2D eigenvalue weighted by atomic mass is 19.1. The summed E-state index contributed by atoms with van der Waals surface area (Å²) in [5.41, 5.74) is 2.76. The van der Waals surface area contributed by atoms with Crippen LogP contribution in [-0.4, -0.2) is 25.0 Å². The van der Waals surface area contributed by atoms with E-state index in [0.29, 0.717) is 5.69 Å². The van der Waals surface area contributed by atoms with Gasteiger partial charge >= 0.3 is 0 Å². The molecule has 0 unspecified atom stereocenters. The van der Waals surface area contributed by atoms with E-state index in [0.717, 1.165) is 11.1 Å². The fourth-order valence-electron chi connectivity index (χ4n) is 2.02. The predicted molar refractivity (Wildman–Crippen MR) is 89.5 cm³/mol. The lowest BCUT2D eigenvalue weighted by Gasteiger charge is -2.11. The SMILES string of the molecule is Cc1cccc(NC(=O)CNC(=O)COc2cccc(F)c2)c1C. The topological polar surface area (TPSA) is 67.4 Å². The van der Waals surface area contributed by atoms with Crippen molar-refractivity contribution in [2.24, 2.45) is 0 Å². The van der Waals surface area contributed by atoms with Gasteiger partial charge in [-0.1, -0.05) is 18.2 Å². The van der Waals surface area contributed by atoms with E-state index in [9.17, 15) is 14.0 Å². The standard InChI is InChI=1S/C18H19FN2O3/c1-12-5-3-8-16(13(12)2)21-17(22)10-20-18(23)11-24-15-7-4-6-14(19)9-15/h3-9H,10-11H2,1-2H3,(H,20,23)(H,21,22). The molecular weight excluding hydrogens is 311 g/mol. The highest BCUT2D eigenvalue weighted by Crippen LogP contribution is 2.17. The average molecular weight is 330 g/mol. The van der Waals surface area contributed by atoms with Crippen LogP contribution in [0.1, 0.15) is 11.1 Å². The van der Waals surface area contributed by atoms with Gasteiger partial charge in [-0.3, -0.25) is 9.59 Å². The molecule has 0 radical (unpaired) electrons. The summed E-state index contributed by atoms with van der Waals surface area (Å²) in [6.07, 6.45) is 0. The number of hydrogen-bond donors (Lipinski definition) is 2. The van der Waals surface area contributed by atoms with E-state index in [1.165, 1.54) is 18.2 Å². The number of amides is 2.